The van der Waals surface area contributed by atoms with E-state index in [1.807, 2.05) is 0 Å². The predicted molar refractivity (Wildman–Crippen MR) is 96.3 cm³/mol. The number of carbonyl (C=O) groups excluding carboxylic acids is 3. The van der Waals surface area contributed by atoms with Crippen molar-refractivity contribution in [2.24, 2.45) is 5.92 Å². The molecule has 0 saturated heterocycles. The summed E-state index contributed by atoms with van der Waals surface area (Å²) >= 11 is 0. The molecule has 8 heteroatoms. The van der Waals surface area contributed by atoms with Gasteiger partial charge in [0.25, 0.3) is 0 Å². The SMILES string of the molecule is C=C(CC[C@@H](C)CC(=O)N[C@@H](CC(=O)OC(C)(C)C)C(=O)NC)C(=O)O. The number of esters is 1. The van der Waals surface area contributed by atoms with Gasteiger partial charge in [-0.15, -0.1) is 0 Å². The van der Waals surface area contributed by atoms with Gasteiger partial charge in [-0.1, -0.05) is 13.5 Å². The molecule has 0 spiro atoms. The van der Waals surface area contributed by atoms with E-state index in [0.717, 1.165) is 0 Å². The van der Waals surface area contributed by atoms with Crippen LogP contribution in [-0.4, -0.2) is 47.6 Å². The third kappa shape index (κ3) is 10.5. The Morgan fingerprint density at radius 1 is 1.15 bits per heavy atom. The van der Waals surface area contributed by atoms with Crippen LogP contribution in [-0.2, 0) is 23.9 Å². The van der Waals surface area contributed by atoms with E-state index < -0.39 is 35.4 Å². The molecule has 0 saturated carbocycles. The summed E-state index contributed by atoms with van der Waals surface area (Å²) in [5, 5.41) is 13.7. The lowest BCUT2D eigenvalue weighted by Crippen LogP contribution is -2.47. The lowest BCUT2D eigenvalue weighted by Gasteiger charge is -2.22. The number of carboxylic acid groups (broad SMARTS) is 1. The standard InChI is InChI=1S/C18H30N2O6/c1-11(7-8-12(2)17(24)25)9-14(21)20-13(16(23)19-6)10-15(22)26-18(3,4)5/h11,13H,2,7-10H2,1,3-6H3,(H,19,23)(H,20,21)(H,24,25)/t11-,13+/m1/s1. The summed E-state index contributed by atoms with van der Waals surface area (Å²) in [5.74, 6) is -2.62. The van der Waals surface area contributed by atoms with E-state index in [0.29, 0.717) is 6.42 Å². The van der Waals surface area contributed by atoms with E-state index in [2.05, 4.69) is 17.2 Å². The lowest BCUT2D eigenvalue weighted by atomic mass is 9.98. The number of nitrogens with one attached hydrogen (secondary N) is 2. The zero-order chi connectivity index (χ0) is 20.5. The third-order valence-corrected chi connectivity index (χ3v) is 3.46. The molecule has 0 fully saturated rings. The minimum absolute atomic E-state index is 0.0884. The second kappa shape index (κ2) is 10.6. The highest BCUT2D eigenvalue weighted by molar-refractivity contribution is 5.91. The molecule has 0 aliphatic rings. The third-order valence-electron chi connectivity index (χ3n) is 3.46. The highest BCUT2D eigenvalue weighted by Gasteiger charge is 2.26. The number of ether oxygens (including phenoxy) is 1. The molecule has 0 radical (unpaired) electrons. The molecular weight excluding hydrogens is 340 g/mol. The van der Waals surface area contributed by atoms with Crippen molar-refractivity contribution in [2.75, 3.05) is 7.05 Å². The number of aliphatic carboxylic acids is 1. The zero-order valence-electron chi connectivity index (χ0n) is 16.2. The molecule has 0 bridgehead atoms. The first-order valence-electron chi connectivity index (χ1n) is 8.49. The van der Waals surface area contributed by atoms with Crippen molar-refractivity contribution in [3.05, 3.63) is 12.2 Å². The first-order valence-corrected chi connectivity index (χ1v) is 8.49. The molecule has 2 amide bonds. The normalized spacial score (nSPS) is 13.3. The average Bonchev–Trinajstić information content (AvgIpc) is 2.48. The smallest absolute Gasteiger partial charge is 0.330 e. The number of amides is 2. The summed E-state index contributed by atoms with van der Waals surface area (Å²) in [6.45, 7) is 10.4. The maximum absolute atomic E-state index is 12.1. The van der Waals surface area contributed by atoms with Gasteiger partial charge < -0.3 is 20.5 Å². The second-order valence-electron chi connectivity index (χ2n) is 7.28. The van der Waals surface area contributed by atoms with Crippen LogP contribution in [0, 0.1) is 5.92 Å². The van der Waals surface area contributed by atoms with Gasteiger partial charge in [-0.25, -0.2) is 4.79 Å². The molecule has 0 unspecified atom stereocenters. The highest BCUT2D eigenvalue weighted by atomic mass is 16.6. The Hall–Kier alpha value is -2.38. The summed E-state index contributed by atoms with van der Waals surface area (Å²) in [6.07, 6.45) is 0.595. The van der Waals surface area contributed by atoms with Gasteiger partial charge in [0.1, 0.15) is 11.6 Å². The Kier molecular flexibility index (Phi) is 9.61. The highest BCUT2D eigenvalue weighted by Crippen LogP contribution is 2.15. The van der Waals surface area contributed by atoms with Gasteiger partial charge in [0.05, 0.1) is 6.42 Å². The summed E-state index contributed by atoms with van der Waals surface area (Å²) in [4.78, 5) is 46.7. The Balaban J connectivity index is 4.64. The van der Waals surface area contributed by atoms with Crippen molar-refractivity contribution < 1.29 is 29.0 Å². The first-order chi connectivity index (χ1) is 11.9. The lowest BCUT2D eigenvalue weighted by molar-refractivity contribution is -0.156. The number of carboxylic acids is 1. The molecule has 0 aromatic rings. The van der Waals surface area contributed by atoms with Crippen LogP contribution < -0.4 is 10.6 Å². The van der Waals surface area contributed by atoms with Gasteiger partial charge in [0, 0.05) is 19.0 Å². The first kappa shape index (κ1) is 23.6. The monoisotopic (exact) mass is 370 g/mol. The van der Waals surface area contributed by atoms with Crippen molar-refractivity contribution in [2.45, 2.75) is 65.0 Å². The molecule has 8 nitrogen and oxygen atoms in total. The summed E-state index contributed by atoms with van der Waals surface area (Å²) in [6, 6.07) is -1.02. The molecule has 0 aliphatic heterocycles. The summed E-state index contributed by atoms with van der Waals surface area (Å²) in [7, 11) is 1.41. The Labute approximate surface area is 154 Å². The van der Waals surface area contributed by atoms with Crippen LogP contribution in [0.2, 0.25) is 0 Å². The van der Waals surface area contributed by atoms with Crippen molar-refractivity contribution in [1.29, 1.82) is 0 Å². The molecule has 0 aromatic heterocycles. The Morgan fingerprint density at radius 3 is 2.19 bits per heavy atom. The fourth-order valence-electron chi connectivity index (χ4n) is 2.13. The summed E-state index contributed by atoms with van der Waals surface area (Å²) < 4.78 is 5.18. The number of hydrogen-bond acceptors (Lipinski definition) is 5. The van der Waals surface area contributed by atoms with Crippen LogP contribution in [0.5, 0.6) is 0 Å². The fraction of sp³-hybridized carbons (Fsp3) is 0.667. The molecule has 0 rings (SSSR count). The van der Waals surface area contributed by atoms with Gasteiger partial charge in [0.15, 0.2) is 0 Å². The van der Waals surface area contributed by atoms with Crippen molar-refractivity contribution >= 4 is 23.8 Å². The average molecular weight is 370 g/mol. The number of carbonyl (C=O) groups is 4. The van der Waals surface area contributed by atoms with E-state index in [4.69, 9.17) is 9.84 Å². The maximum atomic E-state index is 12.1. The molecule has 0 aliphatic carbocycles. The Bertz CT molecular complexity index is 550. The van der Waals surface area contributed by atoms with Gasteiger partial charge in [-0.3, -0.25) is 14.4 Å². The molecule has 2 atom stereocenters. The predicted octanol–water partition coefficient (Wildman–Crippen LogP) is 1.40. The van der Waals surface area contributed by atoms with Crippen LogP contribution in [0.25, 0.3) is 0 Å². The zero-order valence-corrected chi connectivity index (χ0v) is 16.2. The van der Waals surface area contributed by atoms with Crippen LogP contribution in [0.1, 0.15) is 53.4 Å². The van der Waals surface area contributed by atoms with E-state index >= 15 is 0 Å². The van der Waals surface area contributed by atoms with Crippen molar-refractivity contribution in [1.82, 2.24) is 10.6 Å². The van der Waals surface area contributed by atoms with E-state index in [1.54, 1.807) is 27.7 Å². The minimum Gasteiger partial charge on any atom is -0.478 e. The number of likely N-dealkylation sites (N-methyl/N-ethyl adjacent to an activating group) is 1. The Morgan fingerprint density at radius 2 is 1.73 bits per heavy atom. The van der Waals surface area contributed by atoms with Gasteiger partial charge in [-0.2, -0.15) is 0 Å². The maximum Gasteiger partial charge on any atom is 0.330 e. The molecule has 0 aromatic carbocycles. The molecule has 148 valence electrons. The second-order valence-corrected chi connectivity index (χ2v) is 7.28. The van der Waals surface area contributed by atoms with Crippen LogP contribution in [0.4, 0.5) is 0 Å². The largest absolute Gasteiger partial charge is 0.478 e. The number of rotatable bonds is 10. The van der Waals surface area contributed by atoms with Crippen LogP contribution in [0.3, 0.4) is 0 Å². The molecule has 0 heterocycles. The van der Waals surface area contributed by atoms with Crippen molar-refractivity contribution in [3.63, 3.8) is 0 Å². The minimum atomic E-state index is -1.06. The summed E-state index contributed by atoms with van der Waals surface area (Å²) in [5.41, 5.74) is -0.597. The van der Waals surface area contributed by atoms with E-state index in [1.165, 1.54) is 7.05 Å². The quantitative estimate of drug-likeness (QED) is 0.395. The van der Waals surface area contributed by atoms with Gasteiger partial charge >= 0.3 is 11.9 Å². The van der Waals surface area contributed by atoms with Gasteiger partial charge in [0.2, 0.25) is 11.8 Å². The van der Waals surface area contributed by atoms with E-state index in [-0.39, 0.29) is 30.8 Å². The number of hydrogen-bond donors (Lipinski definition) is 3. The fourth-order valence-corrected chi connectivity index (χ4v) is 2.13. The molecular formula is C18H30N2O6. The molecule has 26 heavy (non-hydrogen) atoms. The molecule has 3 N–H and O–H groups in total. The van der Waals surface area contributed by atoms with Crippen LogP contribution in [0.15, 0.2) is 12.2 Å². The van der Waals surface area contributed by atoms with Gasteiger partial charge in [-0.05, 0) is 39.5 Å². The van der Waals surface area contributed by atoms with E-state index in [9.17, 15) is 19.2 Å². The van der Waals surface area contributed by atoms with Crippen molar-refractivity contribution in [3.8, 4) is 0 Å². The van der Waals surface area contributed by atoms with Crippen LogP contribution >= 0.6 is 0 Å². The topological polar surface area (TPSA) is 122 Å².